The highest BCUT2D eigenvalue weighted by Gasteiger charge is 2.27. The summed E-state index contributed by atoms with van der Waals surface area (Å²) in [6.07, 6.45) is 4.33. The van der Waals surface area contributed by atoms with Gasteiger partial charge in [0.1, 0.15) is 12.2 Å². The molecular weight excluding hydrogens is 176 g/mol. The van der Waals surface area contributed by atoms with Crippen LogP contribution in [-0.4, -0.2) is 20.8 Å². The predicted octanol–water partition coefficient (Wildman–Crippen LogP) is 1.26. The van der Waals surface area contributed by atoms with Crippen LogP contribution in [0.5, 0.6) is 0 Å². The number of hydrogen-bond donors (Lipinski definition) is 1. The van der Waals surface area contributed by atoms with Gasteiger partial charge in [0.2, 0.25) is 0 Å². The lowest BCUT2D eigenvalue weighted by molar-refractivity contribution is 0.223. The molecule has 4 heteroatoms. The molecule has 1 aliphatic carbocycles. The summed E-state index contributed by atoms with van der Waals surface area (Å²) in [7, 11) is 1.98. The number of nitrogens with zero attached hydrogens (tertiary/aromatic N) is 3. The standard InChI is InChI=1S/C10H18N4/c1-7-4-9(5-7)12-8(2)10-13-11-6-14(10)3/h6-9,12H,4-5H2,1-3H3. The Balaban J connectivity index is 1.90. The summed E-state index contributed by atoms with van der Waals surface area (Å²) in [6, 6.07) is 0.983. The molecule has 0 amide bonds. The fourth-order valence-corrected chi connectivity index (χ4v) is 2.15. The third-order valence-electron chi connectivity index (χ3n) is 2.99. The molecule has 78 valence electrons. The lowest BCUT2D eigenvalue weighted by atomic mass is 9.81. The van der Waals surface area contributed by atoms with Crippen LogP contribution in [0.1, 0.15) is 38.6 Å². The molecule has 1 atom stereocenters. The van der Waals surface area contributed by atoms with Gasteiger partial charge >= 0.3 is 0 Å². The summed E-state index contributed by atoms with van der Waals surface area (Å²) in [6.45, 7) is 4.44. The van der Waals surface area contributed by atoms with Gasteiger partial charge in [-0.05, 0) is 25.7 Å². The van der Waals surface area contributed by atoms with Gasteiger partial charge in [0, 0.05) is 13.1 Å². The van der Waals surface area contributed by atoms with Gasteiger partial charge in [-0.25, -0.2) is 0 Å². The Morgan fingerprint density at radius 1 is 1.57 bits per heavy atom. The Morgan fingerprint density at radius 2 is 2.29 bits per heavy atom. The molecule has 0 bridgehead atoms. The number of hydrogen-bond acceptors (Lipinski definition) is 3. The summed E-state index contributed by atoms with van der Waals surface area (Å²) < 4.78 is 1.97. The van der Waals surface area contributed by atoms with Gasteiger partial charge in [0.25, 0.3) is 0 Å². The second-order valence-corrected chi connectivity index (χ2v) is 4.46. The van der Waals surface area contributed by atoms with Crippen molar-refractivity contribution in [1.82, 2.24) is 20.1 Å². The molecule has 1 heterocycles. The van der Waals surface area contributed by atoms with Gasteiger partial charge < -0.3 is 9.88 Å². The van der Waals surface area contributed by atoms with E-state index < -0.39 is 0 Å². The Labute approximate surface area is 84.7 Å². The number of rotatable bonds is 3. The number of aryl methyl sites for hydroxylation is 1. The van der Waals surface area contributed by atoms with Crippen molar-refractivity contribution in [3.05, 3.63) is 12.2 Å². The highest BCUT2D eigenvalue weighted by atomic mass is 15.3. The molecule has 1 aliphatic rings. The van der Waals surface area contributed by atoms with E-state index >= 15 is 0 Å². The quantitative estimate of drug-likeness (QED) is 0.787. The molecule has 0 saturated heterocycles. The van der Waals surface area contributed by atoms with E-state index in [1.54, 1.807) is 6.33 Å². The van der Waals surface area contributed by atoms with E-state index in [1.807, 2.05) is 11.6 Å². The molecule has 0 aliphatic heterocycles. The van der Waals surface area contributed by atoms with Crippen molar-refractivity contribution in [2.24, 2.45) is 13.0 Å². The fourth-order valence-electron chi connectivity index (χ4n) is 2.15. The average Bonchev–Trinajstić information content (AvgIpc) is 2.48. The van der Waals surface area contributed by atoms with Crippen LogP contribution >= 0.6 is 0 Å². The Morgan fingerprint density at radius 3 is 2.79 bits per heavy atom. The first-order valence-corrected chi connectivity index (χ1v) is 5.26. The van der Waals surface area contributed by atoms with Crippen molar-refractivity contribution in [2.45, 2.75) is 38.8 Å². The van der Waals surface area contributed by atoms with Crippen molar-refractivity contribution in [1.29, 1.82) is 0 Å². The van der Waals surface area contributed by atoms with E-state index in [-0.39, 0.29) is 0 Å². The van der Waals surface area contributed by atoms with Crippen LogP contribution < -0.4 is 5.32 Å². The maximum atomic E-state index is 4.10. The predicted molar refractivity (Wildman–Crippen MR) is 54.7 cm³/mol. The van der Waals surface area contributed by atoms with E-state index in [2.05, 4.69) is 29.4 Å². The number of nitrogens with one attached hydrogen (secondary N) is 1. The third-order valence-corrected chi connectivity index (χ3v) is 2.99. The van der Waals surface area contributed by atoms with E-state index in [0.717, 1.165) is 11.7 Å². The van der Waals surface area contributed by atoms with E-state index in [0.29, 0.717) is 12.1 Å². The third kappa shape index (κ3) is 1.80. The summed E-state index contributed by atoms with van der Waals surface area (Å²) in [5, 5.41) is 11.5. The minimum Gasteiger partial charge on any atom is -0.319 e. The normalized spacial score (nSPS) is 28.5. The van der Waals surface area contributed by atoms with Crippen molar-refractivity contribution in [3.8, 4) is 0 Å². The molecule has 1 aromatic rings. The first-order valence-electron chi connectivity index (χ1n) is 5.26. The molecule has 1 N–H and O–H groups in total. The maximum Gasteiger partial charge on any atom is 0.149 e. The SMILES string of the molecule is CC1CC(NC(C)c2nncn2C)C1. The molecular formula is C10H18N4. The molecule has 1 fully saturated rings. The molecule has 0 spiro atoms. The highest BCUT2D eigenvalue weighted by molar-refractivity contribution is 4.95. The first kappa shape index (κ1) is 9.65. The second-order valence-electron chi connectivity index (χ2n) is 4.46. The Bertz CT molecular complexity index is 301. The highest BCUT2D eigenvalue weighted by Crippen LogP contribution is 2.28. The molecule has 1 saturated carbocycles. The molecule has 2 rings (SSSR count). The van der Waals surface area contributed by atoms with Gasteiger partial charge in [0.15, 0.2) is 0 Å². The molecule has 14 heavy (non-hydrogen) atoms. The van der Waals surface area contributed by atoms with Crippen molar-refractivity contribution < 1.29 is 0 Å². The van der Waals surface area contributed by atoms with Gasteiger partial charge in [-0.3, -0.25) is 0 Å². The summed E-state index contributed by atoms with van der Waals surface area (Å²) in [5.74, 6) is 1.91. The van der Waals surface area contributed by atoms with Gasteiger partial charge in [-0.2, -0.15) is 0 Å². The smallest absolute Gasteiger partial charge is 0.149 e. The van der Waals surface area contributed by atoms with Crippen LogP contribution in [0.2, 0.25) is 0 Å². The van der Waals surface area contributed by atoms with Crippen LogP contribution in [0, 0.1) is 5.92 Å². The monoisotopic (exact) mass is 194 g/mol. The minimum absolute atomic E-state index is 0.306. The average molecular weight is 194 g/mol. The van der Waals surface area contributed by atoms with Crippen molar-refractivity contribution in [2.75, 3.05) is 0 Å². The second kappa shape index (κ2) is 3.69. The topological polar surface area (TPSA) is 42.7 Å². The van der Waals surface area contributed by atoms with Gasteiger partial charge in [0.05, 0.1) is 6.04 Å². The zero-order chi connectivity index (χ0) is 10.1. The zero-order valence-corrected chi connectivity index (χ0v) is 9.07. The summed E-state index contributed by atoms with van der Waals surface area (Å²) in [4.78, 5) is 0. The summed E-state index contributed by atoms with van der Waals surface area (Å²) >= 11 is 0. The van der Waals surface area contributed by atoms with Crippen molar-refractivity contribution >= 4 is 0 Å². The number of aromatic nitrogens is 3. The molecule has 0 radical (unpaired) electrons. The molecule has 0 aromatic carbocycles. The lowest BCUT2D eigenvalue weighted by Gasteiger charge is -2.35. The largest absolute Gasteiger partial charge is 0.319 e. The lowest BCUT2D eigenvalue weighted by Crippen LogP contribution is -2.41. The minimum atomic E-state index is 0.306. The van der Waals surface area contributed by atoms with Crippen LogP contribution in [0.15, 0.2) is 6.33 Å². The maximum absolute atomic E-state index is 4.10. The van der Waals surface area contributed by atoms with E-state index in [9.17, 15) is 0 Å². The molecule has 4 nitrogen and oxygen atoms in total. The van der Waals surface area contributed by atoms with E-state index in [4.69, 9.17) is 0 Å². The Kier molecular flexibility index (Phi) is 2.54. The van der Waals surface area contributed by atoms with Gasteiger partial charge in [-0.15, -0.1) is 10.2 Å². The molecule has 1 unspecified atom stereocenters. The van der Waals surface area contributed by atoms with Crippen LogP contribution in [0.4, 0.5) is 0 Å². The Hall–Kier alpha value is -0.900. The van der Waals surface area contributed by atoms with E-state index in [1.165, 1.54) is 12.8 Å². The van der Waals surface area contributed by atoms with Crippen LogP contribution in [0.25, 0.3) is 0 Å². The molecule has 1 aromatic heterocycles. The fraction of sp³-hybridized carbons (Fsp3) is 0.800. The first-order chi connectivity index (χ1) is 6.66. The zero-order valence-electron chi connectivity index (χ0n) is 9.07. The van der Waals surface area contributed by atoms with Crippen LogP contribution in [0.3, 0.4) is 0 Å². The van der Waals surface area contributed by atoms with Gasteiger partial charge in [-0.1, -0.05) is 6.92 Å². The van der Waals surface area contributed by atoms with Crippen LogP contribution in [-0.2, 0) is 7.05 Å². The summed E-state index contributed by atoms with van der Waals surface area (Å²) in [5.41, 5.74) is 0. The van der Waals surface area contributed by atoms with Crippen molar-refractivity contribution in [3.63, 3.8) is 0 Å².